The van der Waals surface area contributed by atoms with Crippen molar-refractivity contribution in [1.29, 1.82) is 10.5 Å². The second-order valence-corrected chi connectivity index (χ2v) is 8.24. The van der Waals surface area contributed by atoms with Gasteiger partial charge in [-0.25, -0.2) is 0 Å². The quantitative estimate of drug-likeness (QED) is 0.375. The molecule has 1 aromatic rings. The first kappa shape index (κ1) is 23.3. The van der Waals surface area contributed by atoms with Gasteiger partial charge in [-0.3, -0.25) is 0 Å². The molecule has 0 amide bonds. The molecule has 0 aromatic heterocycles. The predicted octanol–water partition coefficient (Wildman–Crippen LogP) is 6.64. The molecule has 0 fully saturated rings. The van der Waals surface area contributed by atoms with E-state index in [2.05, 4.69) is 9.24 Å². The van der Waals surface area contributed by atoms with Crippen LogP contribution in [0.2, 0.25) is 0 Å². The van der Waals surface area contributed by atoms with Crippen LogP contribution in [0.15, 0.2) is 51.5 Å². The van der Waals surface area contributed by atoms with E-state index in [0.29, 0.717) is 11.8 Å². The van der Waals surface area contributed by atoms with Crippen molar-refractivity contribution in [2.45, 2.75) is 47.9 Å². The largest absolute Gasteiger partial charge is 0.415 e. The molecule has 10 heteroatoms. The maximum atomic E-state index is 13.5. The SMILES string of the molecule is CCCC(P)c1ccc(SC2C(C(F)(F)F)=C(C#N)C(C#N)=C2C(F)(F)F)cc1. The predicted molar refractivity (Wildman–Crippen MR) is 101 cm³/mol. The highest BCUT2D eigenvalue weighted by molar-refractivity contribution is 8.00. The molecule has 0 aliphatic heterocycles. The zero-order chi connectivity index (χ0) is 22.0. The number of rotatable bonds is 5. The van der Waals surface area contributed by atoms with Gasteiger partial charge in [0.05, 0.1) is 27.5 Å². The van der Waals surface area contributed by atoms with Crippen molar-refractivity contribution in [1.82, 2.24) is 0 Å². The maximum Gasteiger partial charge on any atom is 0.415 e. The van der Waals surface area contributed by atoms with Crippen LogP contribution in [0.3, 0.4) is 0 Å². The van der Waals surface area contributed by atoms with Crippen molar-refractivity contribution in [2.24, 2.45) is 0 Å². The van der Waals surface area contributed by atoms with Crippen molar-refractivity contribution in [3.8, 4) is 12.1 Å². The summed E-state index contributed by atoms with van der Waals surface area (Å²) >= 11 is 0.328. The van der Waals surface area contributed by atoms with Gasteiger partial charge in [-0.15, -0.1) is 21.0 Å². The van der Waals surface area contributed by atoms with Gasteiger partial charge in [0.25, 0.3) is 0 Å². The monoisotopic (exact) mass is 448 g/mol. The molecule has 0 saturated heterocycles. The number of nitriles is 2. The van der Waals surface area contributed by atoms with Crippen LogP contribution in [0.1, 0.15) is 31.0 Å². The Balaban J connectivity index is 2.52. The van der Waals surface area contributed by atoms with Crippen LogP contribution >= 0.6 is 21.0 Å². The summed E-state index contributed by atoms with van der Waals surface area (Å²) in [5.41, 5.74) is -4.82. The van der Waals surface area contributed by atoms with Crippen molar-refractivity contribution < 1.29 is 26.3 Å². The summed E-state index contributed by atoms with van der Waals surface area (Å²) in [7, 11) is 2.64. The van der Waals surface area contributed by atoms with Crippen LogP contribution in [0.25, 0.3) is 0 Å². The average molecular weight is 448 g/mol. The number of hydrogen-bond donors (Lipinski definition) is 0. The molecular formula is C19H15F6N2PS. The lowest BCUT2D eigenvalue weighted by Crippen LogP contribution is -2.27. The zero-order valence-electron chi connectivity index (χ0n) is 15.0. The first-order chi connectivity index (χ1) is 13.5. The lowest BCUT2D eigenvalue weighted by molar-refractivity contribution is -0.102. The van der Waals surface area contributed by atoms with E-state index < -0.39 is 39.9 Å². The fourth-order valence-electron chi connectivity index (χ4n) is 3.01. The molecular weight excluding hydrogens is 433 g/mol. The summed E-state index contributed by atoms with van der Waals surface area (Å²) in [5.74, 6) is 0. The van der Waals surface area contributed by atoms with E-state index in [0.717, 1.165) is 30.5 Å². The molecule has 1 aromatic carbocycles. The van der Waals surface area contributed by atoms with Gasteiger partial charge in [0.2, 0.25) is 0 Å². The Morgan fingerprint density at radius 1 is 0.966 bits per heavy atom. The molecule has 2 nitrogen and oxygen atoms in total. The van der Waals surface area contributed by atoms with Gasteiger partial charge < -0.3 is 0 Å². The molecule has 2 atom stereocenters. The van der Waals surface area contributed by atoms with Crippen LogP contribution in [0.5, 0.6) is 0 Å². The molecule has 0 heterocycles. The van der Waals surface area contributed by atoms with E-state index in [1.54, 1.807) is 12.1 Å². The Morgan fingerprint density at radius 3 is 1.76 bits per heavy atom. The molecule has 0 spiro atoms. The third-order valence-electron chi connectivity index (χ3n) is 4.31. The number of alkyl halides is 6. The van der Waals surface area contributed by atoms with Gasteiger partial charge in [-0.2, -0.15) is 36.9 Å². The van der Waals surface area contributed by atoms with E-state index in [-0.39, 0.29) is 10.6 Å². The van der Waals surface area contributed by atoms with Gasteiger partial charge in [0, 0.05) is 4.90 Å². The van der Waals surface area contributed by atoms with Crippen molar-refractivity contribution in [3.63, 3.8) is 0 Å². The number of hydrogen-bond acceptors (Lipinski definition) is 3. The van der Waals surface area contributed by atoms with E-state index >= 15 is 0 Å². The van der Waals surface area contributed by atoms with Gasteiger partial charge in [-0.05, 0) is 29.8 Å². The Hall–Kier alpha value is -1.96. The standard InChI is InChI=1S/C19H15F6N2PS/c1-2-3-14(28)10-4-6-11(7-5-10)29-17-15(18(20,21)22)12(8-26)13(9-27)16(17)19(23,24)25/h4-7,14,17H,2-3,28H2,1H3. The number of nitrogens with zero attached hydrogens (tertiary/aromatic N) is 2. The van der Waals surface area contributed by atoms with E-state index in [9.17, 15) is 26.3 Å². The summed E-state index contributed by atoms with van der Waals surface area (Å²) in [5, 5.41) is 15.8. The van der Waals surface area contributed by atoms with Gasteiger partial charge in [-0.1, -0.05) is 25.5 Å². The molecule has 0 N–H and O–H groups in total. The van der Waals surface area contributed by atoms with E-state index in [1.807, 2.05) is 6.92 Å². The third-order valence-corrected chi connectivity index (χ3v) is 6.28. The lowest BCUT2D eigenvalue weighted by Gasteiger charge is -2.22. The summed E-state index contributed by atoms with van der Waals surface area (Å²) in [6.07, 6.45) is -8.60. The van der Waals surface area contributed by atoms with Crippen LogP contribution < -0.4 is 0 Å². The van der Waals surface area contributed by atoms with Crippen LogP contribution in [-0.4, -0.2) is 17.6 Å². The smallest absolute Gasteiger partial charge is 0.192 e. The Morgan fingerprint density at radius 2 is 1.41 bits per heavy atom. The summed E-state index contributed by atoms with van der Waals surface area (Å²) in [6.45, 7) is 2.00. The highest BCUT2D eigenvalue weighted by atomic mass is 32.2. The molecule has 2 rings (SSSR count). The summed E-state index contributed by atoms with van der Waals surface area (Å²) in [4.78, 5) is 0.174. The number of halogens is 6. The molecule has 0 bridgehead atoms. The number of benzene rings is 1. The fourth-order valence-corrected chi connectivity index (χ4v) is 4.87. The van der Waals surface area contributed by atoms with Crippen LogP contribution in [0, 0.1) is 22.7 Å². The van der Waals surface area contributed by atoms with E-state index in [4.69, 9.17) is 10.5 Å². The highest BCUT2D eigenvalue weighted by Gasteiger charge is 2.55. The minimum absolute atomic E-state index is 0.122. The topological polar surface area (TPSA) is 47.6 Å². The first-order valence-corrected chi connectivity index (χ1v) is 9.95. The molecule has 29 heavy (non-hydrogen) atoms. The number of allylic oxidation sites excluding steroid dienone is 2. The lowest BCUT2D eigenvalue weighted by atomic mass is 10.1. The van der Waals surface area contributed by atoms with Gasteiger partial charge in [0.15, 0.2) is 0 Å². The second-order valence-electron chi connectivity index (χ2n) is 6.26. The van der Waals surface area contributed by atoms with Gasteiger partial charge >= 0.3 is 12.4 Å². The molecule has 154 valence electrons. The Bertz CT molecular complexity index is 868. The second kappa shape index (κ2) is 8.81. The van der Waals surface area contributed by atoms with Crippen molar-refractivity contribution >= 4 is 21.0 Å². The summed E-state index contributed by atoms with van der Waals surface area (Å²) in [6, 6.07) is 8.48. The maximum absolute atomic E-state index is 13.5. The highest BCUT2D eigenvalue weighted by Crippen LogP contribution is 2.53. The average Bonchev–Trinajstić information content (AvgIpc) is 2.96. The minimum atomic E-state index is -5.19. The third kappa shape index (κ3) is 4.97. The zero-order valence-corrected chi connectivity index (χ0v) is 17.0. The van der Waals surface area contributed by atoms with Crippen molar-refractivity contribution in [3.05, 3.63) is 52.1 Å². The summed E-state index contributed by atoms with van der Waals surface area (Å²) < 4.78 is 81.3. The molecule has 0 saturated carbocycles. The first-order valence-electron chi connectivity index (χ1n) is 8.41. The fraction of sp³-hybridized carbons (Fsp3) is 0.368. The molecule has 0 radical (unpaired) electrons. The van der Waals surface area contributed by atoms with Gasteiger partial charge in [0.1, 0.15) is 12.1 Å². The Labute approximate surface area is 170 Å². The van der Waals surface area contributed by atoms with Crippen LogP contribution in [0.4, 0.5) is 26.3 Å². The Kier molecular flexibility index (Phi) is 7.09. The van der Waals surface area contributed by atoms with E-state index in [1.165, 1.54) is 12.1 Å². The minimum Gasteiger partial charge on any atom is -0.192 e. The number of thioether (sulfide) groups is 1. The van der Waals surface area contributed by atoms with Crippen molar-refractivity contribution in [2.75, 3.05) is 0 Å². The molecule has 2 unspecified atom stereocenters. The van der Waals surface area contributed by atoms with Crippen LogP contribution in [-0.2, 0) is 0 Å². The molecule has 1 aliphatic rings. The normalized spacial score (nSPS) is 16.8. The molecule has 1 aliphatic carbocycles.